The lowest BCUT2D eigenvalue weighted by Gasteiger charge is -2.18. The lowest BCUT2D eigenvalue weighted by Crippen LogP contribution is -2.16. The van der Waals surface area contributed by atoms with E-state index in [1.807, 2.05) is 19.9 Å². The number of fused-ring (bicyclic) bond motifs is 1. The minimum atomic E-state index is -0.259. The highest BCUT2D eigenvalue weighted by Crippen LogP contribution is 2.37. The van der Waals surface area contributed by atoms with E-state index < -0.39 is 0 Å². The van der Waals surface area contributed by atoms with E-state index in [9.17, 15) is 4.79 Å². The van der Waals surface area contributed by atoms with Crippen molar-refractivity contribution in [3.8, 4) is 0 Å². The van der Waals surface area contributed by atoms with Crippen LogP contribution in [0.5, 0.6) is 0 Å². The standard InChI is InChI=1S/C14H19NO2/c1-5-17-13(16)11-8-10-6-7-14(3,4)12(10)15-9(11)2/h8H,5-7H2,1-4H3. The highest BCUT2D eigenvalue weighted by molar-refractivity contribution is 5.90. The Balaban J connectivity index is 2.44. The lowest BCUT2D eigenvalue weighted by atomic mass is 9.90. The minimum absolute atomic E-state index is 0.132. The number of rotatable bonds is 2. The van der Waals surface area contributed by atoms with Crippen molar-refractivity contribution in [1.82, 2.24) is 4.98 Å². The second kappa shape index (κ2) is 4.13. The molecule has 0 bridgehead atoms. The van der Waals surface area contributed by atoms with E-state index in [-0.39, 0.29) is 11.4 Å². The Bertz CT molecular complexity index is 464. The summed E-state index contributed by atoms with van der Waals surface area (Å²) in [5, 5.41) is 0. The number of hydrogen-bond acceptors (Lipinski definition) is 3. The van der Waals surface area contributed by atoms with Crippen LogP contribution in [0.1, 0.15) is 54.5 Å². The van der Waals surface area contributed by atoms with Crippen LogP contribution in [0.4, 0.5) is 0 Å². The lowest BCUT2D eigenvalue weighted by molar-refractivity contribution is 0.0524. The molecule has 3 heteroatoms. The zero-order valence-electron chi connectivity index (χ0n) is 11.0. The van der Waals surface area contributed by atoms with E-state index in [0.29, 0.717) is 12.2 Å². The molecular formula is C14H19NO2. The van der Waals surface area contributed by atoms with Crippen LogP contribution in [-0.2, 0) is 16.6 Å². The van der Waals surface area contributed by atoms with Crippen molar-refractivity contribution in [2.45, 2.75) is 46.0 Å². The molecular weight excluding hydrogens is 214 g/mol. The molecule has 1 aromatic heterocycles. The first kappa shape index (κ1) is 12.1. The molecule has 3 nitrogen and oxygen atoms in total. The molecule has 0 atom stereocenters. The first-order valence-electron chi connectivity index (χ1n) is 6.14. The molecule has 0 saturated carbocycles. The van der Waals surface area contributed by atoms with E-state index in [0.717, 1.165) is 24.2 Å². The summed E-state index contributed by atoms with van der Waals surface area (Å²) in [5.41, 5.74) is 3.86. The zero-order valence-corrected chi connectivity index (χ0v) is 11.0. The molecule has 1 heterocycles. The third-order valence-electron chi connectivity index (χ3n) is 3.45. The number of ether oxygens (including phenoxy) is 1. The quantitative estimate of drug-likeness (QED) is 0.737. The molecule has 1 aliphatic carbocycles. The Morgan fingerprint density at radius 2 is 2.24 bits per heavy atom. The fourth-order valence-electron chi connectivity index (χ4n) is 2.40. The molecule has 0 spiro atoms. The van der Waals surface area contributed by atoms with Gasteiger partial charge in [0.1, 0.15) is 0 Å². The van der Waals surface area contributed by atoms with Crippen molar-refractivity contribution in [3.63, 3.8) is 0 Å². The summed E-state index contributed by atoms with van der Waals surface area (Å²) in [6, 6.07) is 1.96. The van der Waals surface area contributed by atoms with Gasteiger partial charge in [-0.25, -0.2) is 4.79 Å². The number of carbonyl (C=O) groups excluding carboxylic acids is 1. The largest absolute Gasteiger partial charge is 0.462 e. The van der Waals surface area contributed by atoms with Gasteiger partial charge in [-0.15, -0.1) is 0 Å². The number of carbonyl (C=O) groups is 1. The molecule has 0 radical (unpaired) electrons. The van der Waals surface area contributed by atoms with E-state index in [1.165, 1.54) is 5.56 Å². The van der Waals surface area contributed by atoms with Crippen molar-refractivity contribution < 1.29 is 9.53 Å². The molecule has 0 saturated heterocycles. The molecule has 1 aromatic rings. The summed E-state index contributed by atoms with van der Waals surface area (Å²) in [4.78, 5) is 16.4. The highest BCUT2D eigenvalue weighted by atomic mass is 16.5. The minimum Gasteiger partial charge on any atom is -0.462 e. The molecule has 0 aliphatic heterocycles. The summed E-state index contributed by atoms with van der Waals surface area (Å²) in [6.07, 6.45) is 2.10. The van der Waals surface area contributed by atoms with Gasteiger partial charge in [0.25, 0.3) is 0 Å². The fourth-order valence-corrected chi connectivity index (χ4v) is 2.40. The summed E-state index contributed by atoms with van der Waals surface area (Å²) in [6.45, 7) is 8.50. The maximum atomic E-state index is 11.8. The molecule has 17 heavy (non-hydrogen) atoms. The zero-order chi connectivity index (χ0) is 12.6. The Morgan fingerprint density at radius 3 is 2.88 bits per heavy atom. The van der Waals surface area contributed by atoms with Crippen LogP contribution in [0.3, 0.4) is 0 Å². The molecule has 92 valence electrons. The van der Waals surface area contributed by atoms with Gasteiger partial charge in [0.15, 0.2) is 0 Å². The Morgan fingerprint density at radius 1 is 1.53 bits per heavy atom. The van der Waals surface area contributed by atoms with Crippen molar-refractivity contribution in [1.29, 1.82) is 0 Å². The van der Waals surface area contributed by atoms with Crippen molar-refractivity contribution in [3.05, 3.63) is 28.6 Å². The van der Waals surface area contributed by atoms with Crippen LogP contribution in [0.2, 0.25) is 0 Å². The van der Waals surface area contributed by atoms with Crippen LogP contribution >= 0.6 is 0 Å². The molecule has 0 amide bonds. The predicted molar refractivity (Wildman–Crippen MR) is 66.3 cm³/mol. The maximum absolute atomic E-state index is 11.8. The SMILES string of the molecule is CCOC(=O)c1cc2c(nc1C)C(C)(C)CC2. The normalized spacial score (nSPS) is 16.7. The van der Waals surface area contributed by atoms with Crippen LogP contribution in [0, 0.1) is 6.92 Å². The Kier molecular flexibility index (Phi) is 2.94. The summed E-state index contributed by atoms with van der Waals surface area (Å²) >= 11 is 0. The van der Waals surface area contributed by atoms with Crippen LogP contribution in [0.25, 0.3) is 0 Å². The van der Waals surface area contributed by atoms with Gasteiger partial charge in [0.2, 0.25) is 0 Å². The molecule has 1 aliphatic rings. The topological polar surface area (TPSA) is 39.2 Å². The number of pyridine rings is 1. The monoisotopic (exact) mass is 233 g/mol. The van der Waals surface area contributed by atoms with Gasteiger partial charge in [0.05, 0.1) is 17.9 Å². The summed E-state index contributed by atoms with van der Waals surface area (Å²) in [7, 11) is 0. The summed E-state index contributed by atoms with van der Waals surface area (Å²) in [5.74, 6) is -0.259. The van der Waals surface area contributed by atoms with E-state index >= 15 is 0 Å². The van der Waals surface area contributed by atoms with Crippen molar-refractivity contribution in [2.24, 2.45) is 0 Å². The molecule has 2 rings (SSSR count). The van der Waals surface area contributed by atoms with Gasteiger partial charge >= 0.3 is 5.97 Å². The van der Waals surface area contributed by atoms with Gasteiger partial charge in [-0.3, -0.25) is 4.98 Å². The average Bonchev–Trinajstić information content (AvgIpc) is 2.54. The van der Waals surface area contributed by atoms with Crippen LogP contribution in [-0.4, -0.2) is 17.6 Å². The Labute approximate surface area is 102 Å². The van der Waals surface area contributed by atoms with Crippen molar-refractivity contribution >= 4 is 5.97 Å². The first-order chi connectivity index (χ1) is 7.95. The fraction of sp³-hybridized carbons (Fsp3) is 0.571. The van der Waals surface area contributed by atoms with E-state index in [2.05, 4.69) is 18.8 Å². The van der Waals surface area contributed by atoms with Gasteiger partial charge in [-0.2, -0.15) is 0 Å². The van der Waals surface area contributed by atoms with Gasteiger partial charge < -0.3 is 4.74 Å². The van der Waals surface area contributed by atoms with Gasteiger partial charge in [0, 0.05) is 11.1 Å². The third-order valence-corrected chi connectivity index (χ3v) is 3.45. The molecule has 0 N–H and O–H groups in total. The van der Waals surface area contributed by atoms with Gasteiger partial charge in [-0.1, -0.05) is 13.8 Å². The van der Waals surface area contributed by atoms with Crippen LogP contribution in [0.15, 0.2) is 6.07 Å². The summed E-state index contributed by atoms with van der Waals surface area (Å²) < 4.78 is 5.04. The maximum Gasteiger partial charge on any atom is 0.339 e. The van der Waals surface area contributed by atoms with E-state index in [1.54, 1.807) is 0 Å². The molecule has 0 aromatic carbocycles. The second-order valence-corrected chi connectivity index (χ2v) is 5.23. The number of nitrogens with zero attached hydrogens (tertiary/aromatic N) is 1. The molecule has 0 fully saturated rings. The average molecular weight is 233 g/mol. The van der Waals surface area contributed by atoms with Gasteiger partial charge in [-0.05, 0) is 38.3 Å². The number of hydrogen-bond donors (Lipinski definition) is 0. The number of aromatic nitrogens is 1. The predicted octanol–water partition coefficient (Wildman–Crippen LogP) is 2.79. The second-order valence-electron chi connectivity index (χ2n) is 5.23. The Hall–Kier alpha value is -1.38. The highest BCUT2D eigenvalue weighted by Gasteiger charge is 2.32. The van der Waals surface area contributed by atoms with Crippen molar-refractivity contribution in [2.75, 3.05) is 6.61 Å². The number of esters is 1. The smallest absolute Gasteiger partial charge is 0.339 e. The molecule has 0 unspecified atom stereocenters. The van der Waals surface area contributed by atoms with Crippen LogP contribution < -0.4 is 0 Å². The number of aryl methyl sites for hydroxylation is 2. The van der Waals surface area contributed by atoms with E-state index in [4.69, 9.17) is 4.74 Å². The first-order valence-corrected chi connectivity index (χ1v) is 6.14. The third kappa shape index (κ3) is 2.06.